The molecule has 3 atom stereocenters. The van der Waals surface area contributed by atoms with E-state index in [-0.39, 0.29) is 12.1 Å². The summed E-state index contributed by atoms with van der Waals surface area (Å²) in [5.74, 6) is 1.26. The van der Waals surface area contributed by atoms with Gasteiger partial charge < -0.3 is 4.74 Å². The summed E-state index contributed by atoms with van der Waals surface area (Å²) in [5, 5.41) is 0. The molecule has 0 saturated heterocycles. The van der Waals surface area contributed by atoms with Crippen molar-refractivity contribution >= 4 is 5.97 Å². The van der Waals surface area contributed by atoms with E-state index in [0.717, 1.165) is 12.3 Å². The fourth-order valence-electron chi connectivity index (χ4n) is 3.06. The lowest BCUT2D eigenvalue weighted by atomic mass is 9.81. The fraction of sp³-hybridized carbons (Fsp3) is 0.769. The highest BCUT2D eigenvalue weighted by Crippen LogP contribution is 2.43. The lowest BCUT2D eigenvalue weighted by Crippen LogP contribution is -2.27. The van der Waals surface area contributed by atoms with Crippen LogP contribution in [0.2, 0.25) is 0 Å². The van der Waals surface area contributed by atoms with E-state index < -0.39 is 0 Å². The number of carbonyl (C=O) groups is 1. The van der Waals surface area contributed by atoms with Crippen LogP contribution in [0.15, 0.2) is 12.2 Å². The van der Waals surface area contributed by atoms with Crippen molar-refractivity contribution in [2.24, 2.45) is 11.8 Å². The summed E-state index contributed by atoms with van der Waals surface area (Å²) < 4.78 is 5.50. The maximum atomic E-state index is 11.5. The fourth-order valence-corrected chi connectivity index (χ4v) is 3.06. The molecule has 0 aromatic heterocycles. The van der Waals surface area contributed by atoms with Crippen molar-refractivity contribution in [3.63, 3.8) is 0 Å². The molecular formula is C13H20O2. The maximum Gasteiger partial charge on any atom is 0.333 e. The highest BCUT2D eigenvalue weighted by molar-refractivity contribution is 5.87. The van der Waals surface area contributed by atoms with Crippen LogP contribution < -0.4 is 0 Å². The molecule has 0 aromatic carbocycles. The number of carbonyl (C=O) groups excluding carboxylic acids is 1. The van der Waals surface area contributed by atoms with Gasteiger partial charge in [0.15, 0.2) is 0 Å². The summed E-state index contributed by atoms with van der Waals surface area (Å²) in [6, 6.07) is 0. The summed E-state index contributed by atoms with van der Waals surface area (Å²) in [6.45, 7) is 5.34. The average Bonchev–Trinajstić information content (AvgIpc) is 2.62. The van der Waals surface area contributed by atoms with E-state index in [4.69, 9.17) is 4.74 Å². The third-order valence-corrected chi connectivity index (χ3v) is 3.87. The van der Waals surface area contributed by atoms with Crippen LogP contribution in [-0.2, 0) is 9.53 Å². The van der Waals surface area contributed by atoms with Crippen LogP contribution in [0.25, 0.3) is 0 Å². The number of fused-ring (bicyclic) bond motifs is 1. The summed E-state index contributed by atoms with van der Waals surface area (Å²) >= 11 is 0. The Morgan fingerprint density at radius 1 is 1.20 bits per heavy atom. The molecule has 84 valence electrons. The van der Waals surface area contributed by atoms with Gasteiger partial charge in [-0.3, -0.25) is 0 Å². The molecule has 2 heteroatoms. The average molecular weight is 208 g/mol. The molecular weight excluding hydrogens is 188 g/mol. The molecule has 0 bridgehead atoms. The number of esters is 1. The first kappa shape index (κ1) is 10.7. The van der Waals surface area contributed by atoms with Gasteiger partial charge in [0, 0.05) is 5.57 Å². The van der Waals surface area contributed by atoms with E-state index in [2.05, 4.69) is 6.58 Å². The maximum absolute atomic E-state index is 11.5. The predicted octanol–water partition coefficient (Wildman–Crippen LogP) is 3.07. The van der Waals surface area contributed by atoms with Crippen LogP contribution in [0.3, 0.4) is 0 Å². The number of hydrogen-bond acceptors (Lipinski definition) is 2. The van der Waals surface area contributed by atoms with Crippen molar-refractivity contribution in [3.8, 4) is 0 Å². The monoisotopic (exact) mass is 208 g/mol. The first-order chi connectivity index (χ1) is 7.18. The van der Waals surface area contributed by atoms with Gasteiger partial charge in [0.2, 0.25) is 0 Å². The molecule has 0 radical (unpaired) electrons. The van der Waals surface area contributed by atoms with Gasteiger partial charge in [0.1, 0.15) is 6.10 Å². The molecule has 0 N–H and O–H groups in total. The van der Waals surface area contributed by atoms with E-state index in [0.29, 0.717) is 11.5 Å². The molecule has 0 spiro atoms. The summed E-state index contributed by atoms with van der Waals surface area (Å²) in [6.07, 6.45) is 7.75. The lowest BCUT2D eigenvalue weighted by Gasteiger charge is -2.28. The van der Waals surface area contributed by atoms with Crippen molar-refractivity contribution in [1.82, 2.24) is 0 Å². The summed E-state index contributed by atoms with van der Waals surface area (Å²) in [4.78, 5) is 11.5. The largest absolute Gasteiger partial charge is 0.459 e. The Morgan fingerprint density at radius 3 is 2.67 bits per heavy atom. The molecule has 2 rings (SSSR count). The van der Waals surface area contributed by atoms with Crippen LogP contribution in [0, 0.1) is 11.8 Å². The van der Waals surface area contributed by atoms with Crippen LogP contribution in [0.1, 0.15) is 45.4 Å². The molecule has 0 amide bonds. The molecule has 2 saturated carbocycles. The second kappa shape index (κ2) is 4.38. The SMILES string of the molecule is C=C(C)C(=O)O[C@@H]1CCC2CCCCC21. The van der Waals surface area contributed by atoms with Crippen LogP contribution >= 0.6 is 0 Å². The van der Waals surface area contributed by atoms with Crippen molar-refractivity contribution in [2.45, 2.75) is 51.6 Å². The Morgan fingerprint density at radius 2 is 1.93 bits per heavy atom. The Kier molecular flexibility index (Phi) is 3.13. The van der Waals surface area contributed by atoms with Crippen molar-refractivity contribution in [1.29, 1.82) is 0 Å². The molecule has 2 unspecified atom stereocenters. The minimum Gasteiger partial charge on any atom is -0.459 e. The van der Waals surface area contributed by atoms with Gasteiger partial charge in [-0.1, -0.05) is 25.8 Å². The van der Waals surface area contributed by atoms with Gasteiger partial charge in [-0.25, -0.2) is 4.79 Å². The molecule has 2 aliphatic carbocycles. The van der Waals surface area contributed by atoms with Crippen molar-refractivity contribution in [3.05, 3.63) is 12.2 Å². The van der Waals surface area contributed by atoms with Gasteiger partial charge in [-0.2, -0.15) is 0 Å². The molecule has 2 nitrogen and oxygen atoms in total. The van der Waals surface area contributed by atoms with Crippen molar-refractivity contribution < 1.29 is 9.53 Å². The van der Waals surface area contributed by atoms with E-state index in [1.807, 2.05) is 0 Å². The van der Waals surface area contributed by atoms with E-state index >= 15 is 0 Å². The normalized spacial score (nSPS) is 34.6. The van der Waals surface area contributed by atoms with Gasteiger partial charge >= 0.3 is 5.97 Å². The number of ether oxygens (including phenoxy) is 1. The van der Waals surface area contributed by atoms with Gasteiger partial charge in [-0.05, 0) is 38.0 Å². The minimum atomic E-state index is -0.203. The second-order valence-electron chi connectivity index (χ2n) is 5.01. The molecule has 0 heterocycles. The summed E-state index contributed by atoms with van der Waals surface area (Å²) in [7, 11) is 0. The third-order valence-electron chi connectivity index (χ3n) is 3.87. The Hall–Kier alpha value is -0.790. The highest BCUT2D eigenvalue weighted by atomic mass is 16.5. The number of hydrogen-bond donors (Lipinski definition) is 0. The quantitative estimate of drug-likeness (QED) is 0.515. The van der Waals surface area contributed by atoms with Crippen molar-refractivity contribution in [2.75, 3.05) is 0 Å². The van der Waals surface area contributed by atoms with Crippen LogP contribution in [0.5, 0.6) is 0 Å². The zero-order valence-corrected chi connectivity index (χ0v) is 9.50. The van der Waals surface area contributed by atoms with Crippen LogP contribution in [0.4, 0.5) is 0 Å². The zero-order chi connectivity index (χ0) is 10.8. The molecule has 0 aliphatic heterocycles. The Balaban J connectivity index is 1.93. The Bertz CT molecular complexity index is 270. The highest BCUT2D eigenvalue weighted by Gasteiger charge is 2.39. The van der Waals surface area contributed by atoms with Crippen LogP contribution in [-0.4, -0.2) is 12.1 Å². The smallest absolute Gasteiger partial charge is 0.333 e. The van der Waals surface area contributed by atoms with E-state index in [1.54, 1.807) is 6.92 Å². The van der Waals surface area contributed by atoms with Gasteiger partial charge in [0.05, 0.1) is 0 Å². The molecule has 2 aliphatic rings. The Labute approximate surface area is 91.7 Å². The van der Waals surface area contributed by atoms with E-state index in [1.165, 1.54) is 32.1 Å². The first-order valence-corrected chi connectivity index (χ1v) is 6.05. The molecule has 15 heavy (non-hydrogen) atoms. The minimum absolute atomic E-state index is 0.180. The van der Waals surface area contributed by atoms with E-state index in [9.17, 15) is 4.79 Å². The third kappa shape index (κ3) is 2.24. The zero-order valence-electron chi connectivity index (χ0n) is 9.50. The first-order valence-electron chi connectivity index (χ1n) is 6.05. The van der Waals surface area contributed by atoms with Gasteiger partial charge in [0.25, 0.3) is 0 Å². The topological polar surface area (TPSA) is 26.3 Å². The summed E-state index contributed by atoms with van der Waals surface area (Å²) in [5.41, 5.74) is 0.522. The molecule has 2 fully saturated rings. The second-order valence-corrected chi connectivity index (χ2v) is 5.01. The predicted molar refractivity (Wildman–Crippen MR) is 59.4 cm³/mol. The lowest BCUT2D eigenvalue weighted by molar-refractivity contribution is -0.146. The molecule has 0 aromatic rings. The number of rotatable bonds is 2. The standard InChI is InChI=1S/C13H20O2/c1-9(2)13(14)15-12-8-7-10-5-3-4-6-11(10)12/h10-12H,1,3-8H2,2H3/t10?,11?,12-/m1/s1. The van der Waals surface area contributed by atoms with Gasteiger partial charge in [-0.15, -0.1) is 0 Å².